The molecule has 1 aliphatic heterocycles. The molecule has 1 aromatic carbocycles. The highest BCUT2D eigenvalue weighted by Gasteiger charge is 2.28. The maximum absolute atomic E-state index is 10.4. The van der Waals surface area contributed by atoms with Gasteiger partial charge in [-0.15, -0.1) is 0 Å². The average Bonchev–Trinajstić information content (AvgIpc) is 2.61. The zero-order chi connectivity index (χ0) is 17.6. The average molecular weight is 363 g/mol. The maximum atomic E-state index is 10.4. The van der Waals surface area contributed by atoms with Gasteiger partial charge in [0.1, 0.15) is 5.75 Å². The van der Waals surface area contributed by atoms with Crippen LogP contribution >= 0.6 is 11.6 Å². The largest absolute Gasteiger partial charge is 0.492 e. The van der Waals surface area contributed by atoms with Gasteiger partial charge in [-0.2, -0.15) is 0 Å². The van der Waals surface area contributed by atoms with Crippen LogP contribution in [0.3, 0.4) is 0 Å². The SMILES string of the molecule is CCOc1ccc(CN2CC[C@@H](Nc3ncccn3)[C@H](O)C2)cc1Cl. The zero-order valence-electron chi connectivity index (χ0n) is 14.2. The molecule has 0 radical (unpaired) electrons. The van der Waals surface area contributed by atoms with Crippen LogP contribution in [0.2, 0.25) is 5.02 Å². The van der Waals surface area contributed by atoms with E-state index in [2.05, 4.69) is 20.2 Å². The summed E-state index contributed by atoms with van der Waals surface area (Å²) < 4.78 is 5.46. The molecule has 0 unspecified atom stereocenters. The number of hydrogen-bond donors (Lipinski definition) is 2. The van der Waals surface area contributed by atoms with Crippen molar-refractivity contribution >= 4 is 17.5 Å². The predicted molar refractivity (Wildman–Crippen MR) is 98.0 cm³/mol. The third kappa shape index (κ3) is 4.81. The summed E-state index contributed by atoms with van der Waals surface area (Å²) in [5.74, 6) is 1.26. The van der Waals surface area contributed by atoms with E-state index in [0.29, 0.717) is 29.9 Å². The van der Waals surface area contributed by atoms with Gasteiger partial charge in [-0.3, -0.25) is 4.90 Å². The van der Waals surface area contributed by atoms with Gasteiger partial charge in [-0.05, 0) is 37.1 Å². The minimum atomic E-state index is -0.476. The lowest BCUT2D eigenvalue weighted by atomic mass is 10.0. The summed E-state index contributed by atoms with van der Waals surface area (Å²) in [4.78, 5) is 10.5. The van der Waals surface area contributed by atoms with E-state index in [1.807, 2.05) is 25.1 Å². The van der Waals surface area contributed by atoms with Gasteiger partial charge in [-0.25, -0.2) is 9.97 Å². The van der Waals surface area contributed by atoms with Gasteiger partial charge in [0.05, 0.1) is 23.8 Å². The number of rotatable bonds is 6. The van der Waals surface area contributed by atoms with Gasteiger partial charge in [0.2, 0.25) is 5.95 Å². The fourth-order valence-corrected chi connectivity index (χ4v) is 3.28. The van der Waals surface area contributed by atoms with E-state index in [9.17, 15) is 5.11 Å². The lowest BCUT2D eigenvalue weighted by Gasteiger charge is -2.36. The first-order chi connectivity index (χ1) is 12.2. The quantitative estimate of drug-likeness (QED) is 0.823. The van der Waals surface area contributed by atoms with E-state index in [-0.39, 0.29) is 6.04 Å². The third-order valence-electron chi connectivity index (χ3n) is 4.25. The first kappa shape index (κ1) is 17.9. The number of anilines is 1. The van der Waals surface area contributed by atoms with Crippen LogP contribution in [-0.4, -0.2) is 51.8 Å². The molecule has 0 amide bonds. The number of piperidine rings is 1. The highest BCUT2D eigenvalue weighted by molar-refractivity contribution is 6.32. The Kier molecular flexibility index (Phi) is 6.07. The molecule has 2 N–H and O–H groups in total. The summed E-state index contributed by atoms with van der Waals surface area (Å²) in [6, 6.07) is 7.58. The Morgan fingerprint density at radius 2 is 2.16 bits per heavy atom. The molecule has 0 aliphatic carbocycles. The highest BCUT2D eigenvalue weighted by Crippen LogP contribution is 2.26. The van der Waals surface area contributed by atoms with E-state index in [0.717, 1.165) is 25.1 Å². The maximum Gasteiger partial charge on any atom is 0.222 e. The number of aliphatic hydroxyl groups is 1. The first-order valence-corrected chi connectivity index (χ1v) is 8.88. The van der Waals surface area contributed by atoms with Crippen molar-refractivity contribution in [2.45, 2.75) is 32.0 Å². The van der Waals surface area contributed by atoms with Crippen molar-refractivity contribution in [1.29, 1.82) is 0 Å². The number of benzene rings is 1. The Labute approximate surface area is 152 Å². The Morgan fingerprint density at radius 1 is 1.36 bits per heavy atom. The Morgan fingerprint density at radius 3 is 2.84 bits per heavy atom. The smallest absolute Gasteiger partial charge is 0.222 e. The van der Waals surface area contributed by atoms with E-state index in [1.54, 1.807) is 18.5 Å². The van der Waals surface area contributed by atoms with Gasteiger partial charge in [0.15, 0.2) is 0 Å². The fraction of sp³-hybridized carbons (Fsp3) is 0.444. The van der Waals surface area contributed by atoms with Gasteiger partial charge in [0.25, 0.3) is 0 Å². The van der Waals surface area contributed by atoms with Gasteiger partial charge >= 0.3 is 0 Å². The molecule has 1 fully saturated rings. The van der Waals surface area contributed by atoms with E-state index in [1.165, 1.54) is 0 Å². The number of likely N-dealkylation sites (tertiary alicyclic amines) is 1. The van der Waals surface area contributed by atoms with Crippen LogP contribution in [0.25, 0.3) is 0 Å². The molecule has 3 rings (SSSR count). The van der Waals surface area contributed by atoms with Crippen molar-refractivity contribution in [3.63, 3.8) is 0 Å². The molecule has 134 valence electrons. The normalized spacial score (nSPS) is 21.1. The molecule has 6 nitrogen and oxygen atoms in total. The lowest BCUT2D eigenvalue weighted by Crippen LogP contribution is -2.49. The van der Waals surface area contributed by atoms with E-state index in [4.69, 9.17) is 16.3 Å². The summed E-state index contributed by atoms with van der Waals surface area (Å²) in [6.45, 7) is 4.75. The Hall–Kier alpha value is -1.89. The predicted octanol–water partition coefficient (Wildman–Crippen LogP) is 2.58. The molecular formula is C18H23ClN4O2. The monoisotopic (exact) mass is 362 g/mol. The zero-order valence-corrected chi connectivity index (χ0v) is 15.0. The van der Waals surface area contributed by atoms with Crippen molar-refractivity contribution < 1.29 is 9.84 Å². The molecule has 1 aromatic heterocycles. The summed E-state index contributed by atoms with van der Waals surface area (Å²) in [5.41, 5.74) is 1.11. The topological polar surface area (TPSA) is 70.5 Å². The molecule has 0 saturated carbocycles. The number of aliphatic hydroxyl groups excluding tert-OH is 1. The molecule has 1 saturated heterocycles. The third-order valence-corrected chi connectivity index (χ3v) is 4.54. The number of hydrogen-bond acceptors (Lipinski definition) is 6. The van der Waals surface area contributed by atoms with Crippen molar-refractivity contribution in [2.24, 2.45) is 0 Å². The fourth-order valence-electron chi connectivity index (χ4n) is 3.02. The summed E-state index contributed by atoms with van der Waals surface area (Å²) in [6.07, 6.45) is 3.72. The molecule has 7 heteroatoms. The van der Waals surface area contributed by atoms with Crippen LogP contribution in [0, 0.1) is 0 Å². The van der Waals surface area contributed by atoms with Crippen molar-refractivity contribution in [1.82, 2.24) is 14.9 Å². The minimum Gasteiger partial charge on any atom is -0.492 e. The van der Waals surface area contributed by atoms with Crippen molar-refractivity contribution in [3.05, 3.63) is 47.2 Å². The molecule has 0 bridgehead atoms. The molecule has 25 heavy (non-hydrogen) atoms. The molecule has 2 atom stereocenters. The standard InChI is InChI=1S/C18H23ClN4O2/c1-2-25-17-5-4-13(10-14(17)19)11-23-9-6-15(16(24)12-23)22-18-20-7-3-8-21-18/h3-5,7-8,10,15-16,24H,2,6,9,11-12H2,1H3,(H,20,21,22)/t15-,16-/m1/s1. The first-order valence-electron chi connectivity index (χ1n) is 8.51. The molecule has 1 aliphatic rings. The second kappa shape index (κ2) is 8.47. The number of nitrogens with one attached hydrogen (secondary N) is 1. The molecular weight excluding hydrogens is 340 g/mol. The summed E-state index contributed by atoms with van der Waals surface area (Å²) in [5, 5.41) is 14.3. The lowest BCUT2D eigenvalue weighted by molar-refractivity contribution is 0.0559. The van der Waals surface area contributed by atoms with Gasteiger partial charge in [0, 0.05) is 32.0 Å². The molecule has 2 aromatic rings. The number of halogens is 1. The van der Waals surface area contributed by atoms with Crippen LogP contribution in [-0.2, 0) is 6.54 Å². The summed E-state index contributed by atoms with van der Waals surface area (Å²) >= 11 is 6.25. The number of nitrogens with zero attached hydrogens (tertiary/aromatic N) is 3. The number of aromatic nitrogens is 2. The van der Waals surface area contributed by atoms with Gasteiger partial charge < -0.3 is 15.2 Å². The van der Waals surface area contributed by atoms with Crippen LogP contribution in [0.4, 0.5) is 5.95 Å². The minimum absolute atomic E-state index is 0.0393. The molecule has 0 spiro atoms. The number of β-amino-alcohol motifs (C(OH)–C–C–N with tert-alkyl or cyclic N) is 1. The Bertz CT molecular complexity index is 686. The van der Waals surface area contributed by atoms with Crippen LogP contribution in [0.1, 0.15) is 18.9 Å². The van der Waals surface area contributed by atoms with E-state index < -0.39 is 6.10 Å². The van der Waals surface area contributed by atoms with Crippen molar-refractivity contribution in [3.8, 4) is 5.75 Å². The second-order valence-electron chi connectivity index (χ2n) is 6.11. The molecule has 2 heterocycles. The van der Waals surface area contributed by atoms with Gasteiger partial charge in [-0.1, -0.05) is 17.7 Å². The highest BCUT2D eigenvalue weighted by atomic mass is 35.5. The number of ether oxygens (including phenoxy) is 1. The van der Waals surface area contributed by atoms with Crippen LogP contribution in [0.5, 0.6) is 5.75 Å². The van der Waals surface area contributed by atoms with Crippen LogP contribution < -0.4 is 10.1 Å². The summed E-state index contributed by atoms with van der Waals surface area (Å²) in [7, 11) is 0. The second-order valence-corrected chi connectivity index (χ2v) is 6.52. The van der Waals surface area contributed by atoms with Crippen LogP contribution in [0.15, 0.2) is 36.7 Å². The van der Waals surface area contributed by atoms with Crippen molar-refractivity contribution in [2.75, 3.05) is 25.0 Å². The Balaban J connectivity index is 1.55. The van der Waals surface area contributed by atoms with E-state index >= 15 is 0 Å².